The molecule has 3 aromatic rings. The van der Waals surface area contributed by atoms with Crippen LogP contribution >= 0.6 is 23.1 Å². The van der Waals surface area contributed by atoms with E-state index in [1.807, 2.05) is 11.5 Å². The highest BCUT2D eigenvalue weighted by molar-refractivity contribution is 8.00. The van der Waals surface area contributed by atoms with Crippen molar-refractivity contribution >= 4 is 50.8 Å². The first-order valence-electron chi connectivity index (χ1n) is 11.9. The number of hydrogen-bond acceptors (Lipinski definition) is 6. The van der Waals surface area contributed by atoms with Crippen molar-refractivity contribution in [3.05, 3.63) is 50.6 Å². The van der Waals surface area contributed by atoms with Crippen molar-refractivity contribution < 1.29 is 9.59 Å². The molecule has 0 bridgehead atoms. The maximum atomic E-state index is 13.8. The molecule has 9 heteroatoms. The number of thioether (sulfide) groups is 1. The van der Waals surface area contributed by atoms with Crippen LogP contribution in [-0.2, 0) is 17.6 Å². The number of aromatic nitrogens is 2. The van der Waals surface area contributed by atoms with E-state index in [2.05, 4.69) is 5.32 Å². The van der Waals surface area contributed by atoms with Crippen molar-refractivity contribution in [3.63, 3.8) is 0 Å². The van der Waals surface area contributed by atoms with Crippen LogP contribution in [0.5, 0.6) is 0 Å². The van der Waals surface area contributed by atoms with Gasteiger partial charge in [0, 0.05) is 22.2 Å². The van der Waals surface area contributed by atoms with Crippen molar-refractivity contribution in [2.45, 2.75) is 74.7 Å². The molecule has 1 atom stereocenters. The van der Waals surface area contributed by atoms with E-state index in [-0.39, 0.29) is 17.5 Å². The summed E-state index contributed by atoms with van der Waals surface area (Å²) < 4.78 is 1.88. The van der Waals surface area contributed by atoms with Gasteiger partial charge in [0.05, 0.1) is 10.6 Å². The van der Waals surface area contributed by atoms with Crippen LogP contribution in [0.25, 0.3) is 10.2 Å². The minimum atomic E-state index is -0.511. The van der Waals surface area contributed by atoms with E-state index < -0.39 is 11.2 Å². The van der Waals surface area contributed by atoms with Crippen molar-refractivity contribution in [1.82, 2.24) is 9.55 Å². The Hall–Kier alpha value is -2.65. The van der Waals surface area contributed by atoms with Crippen LogP contribution in [0, 0.1) is 0 Å². The van der Waals surface area contributed by atoms with Gasteiger partial charge in [-0.15, -0.1) is 11.3 Å². The van der Waals surface area contributed by atoms with Gasteiger partial charge >= 0.3 is 0 Å². The molecule has 0 radical (unpaired) electrons. The number of nitrogens with zero attached hydrogens (tertiary/aromatic N) is 2. The highest BCUT2D eigenvalue weighted by Gasteiger charge is 2.28. The summed E-state index contributed by atoms with van der Waals surface area (Å²) in [6, 6.07) is 6.63. The van der Waals surface area contributed by atoms with Crippen LogP contribution in [0.15, 0.2) is 34.2 Å². The number of hydrogen-bond donors (Lipinski definition) is 2. The monoisotopic (exact) mass is 496 g/mol. The van der Waals surface area contributed by atoms with Crippen molar-refractivity contribution in [1.29, 1.82) is 0 Å². The van der Waals surface area contributed by atoms with Gasteiger partial charge in [-0.1, -0.05) is 24.6 Å². The zero-order chi connectivity index (χ0) is 23.8. The van der Waals surface area contributed by atoms with Crippen LogP contribution in [0.4, 0.5) is 5.69 Å². The summed E-state index contributed by atoms with van der Waals surface area (Å²) in [5.74, 6) is -0.696. The average molecular weight is 497 g/mol. The second kappa shape index (κ2) is 9.54. The molecule has 1 unspecified atom stereocenters. The summed E-state index contributed by atoms with van der Waals surface area (Å²) >= 11 is 2.98. The Bertz CT molecular complexity index is 1310. The molecule has 1 fully saturated rings. The molecule has 2 aromatic heterocycles. The first-order chi connectivity index (χ1) is 16.4. The van der Waals surface area contributed by atoms with Gasteiger partial charge in [0.1, 0.15) is 4.83 Å². The Kier molecular flexibility index (Phi) is 6.48. The molecule has 1 saturated carbocycles. The quantitative estimate of drug-likeness (QED) is 0.381. The van der Waals surface area contributed by atoms with Gasteiger partial charge in [-0.05, 0) is 75.3 Å². The number of carbonyl (C=O) groups excluding carboxylic acids is 2. The van der Waals surface area contributed by atoms with E-state index in [0.717, 1.165) is 61.6 Å². The molecule has 0 spiro atoms. The number of amides is 2. The summed E-state index contributed by atoms with van der Waals surface area (Å²) in [4.78, 5) is 45.1. The molecule has 7 nitrogen and oxygen atoms in total. The van der Waals surface area contributed by atoms with E-state index in [1.165, 1.54) is 22.2 Å². The number of aryl methyl sites for hydroxylation is 2. The maximum Gasteiger partial charge on any atom is 0.263 e. The molecule has 0 saturated heterocycles. The fraction of sp³-hybridized carbons (Fsp3) is 0.440. The fourth-order valence-electron chi connectivity index (χ4n) is 4.94. The summed E-state index contributed by atoms with van der Waals surface area (Å²) in [7, 11) is 0. The predicted octanol–water partition coefficient (Wildman–Crippen LogP) is 4.67. The molecule has 1 aromatic carbocycles. The molecule has 3 N–H and O–H groups in total. The Labute approximate surface area is 206 Å². The number of benzene rings is 1. The lowest BCUT2D eigenvalue weighted by Gasteiger charge is -2.20. The largest absolute Gasteiger partial charge is 0.366 e. The number of carbonyl (C=O) groups is 2. The topological polar surface area (TPSA) is 107 Å². The zero-order valence-electron chi connectivity index (χ0n) is 19.1. The number of anilines is 1. The number of nitrogens with two attached hydrogens (primary N) is 1. The lowest BCUT2D eigenvalue weighted by Crippen LogP contribution is -2.29. The van der Waals surface area contributed by atoms with Crippen LogP contribution in [-0.4, -0.2) is 26.6 Å². The van der Waals surface area contributed by atoms with E-state index >= 15 is 0 Å². The minimum absolute atomic E-state index is 0.0634. The Morgan fingerprint density at radius 2 is 1.85 bits per heavy atom. The minimum Gasteiger partial charge on any atom is -0.366 e. The normalized spacial score (nSPS) is 17.0. The average Bonchev–Trinajstić information content (AvgIpc) is 3.47. The van der Waals surface area contributed by atoms with E-state index in [1.54, 1.807) is 35.6 Å². The standard InChI is InChI=1S/C25H28N4O3S2/c1-14(22(31)27-16-12-10-15(11-13-16)21(26)30)33-25-28-23-20(18-8-4-5-9-19(18)34-23)24(32)29(25)17-6-2-3-7-17/h10-14,17H,2-9H2,1H3,(H2,26,30)(H,27,31). The Morgan fingerprint density at radius 1 is 1.15 bits per heavy atom. The second-order valence-corrected chi connectivity index (χ2v) is 11.5. The molecular weight excluding hydrogens is 468 g/mol. The van der Waals surface area contributed by atoms with Gasteiger partial charge in [0.2, 0.25) is 11.8 Å². The second-order valence-electron chi connectivity index (χ2n) is 9.09. The highest BCUT2D eigenvalue weighted by atomic mass is 32.2. The lowest BCUT2D eigenvalue weighted by atomic mass is 9.97. The summed E-state index contributed by atoms with van der Waals surface area (Å²) in [5, 5.41) is 3.87. The first kappa shape index (κ1) is 23.1. The number of nitrogens with one attached hydrogen (secondary N) is 1. The first-order valence-corrected chi connectivity index (χ1v) is 13.6. The van der Waals surface area contributed by atoms with Gasteiger partial charge in [-0.25, -0.2) is 4.98 Å². The Morgan fingerprint density at radius 3 is 2.56 bits per heavy atom. The molecule has 2 heterocycles. The molecule has 2 amide bonds. The van der Waals surface area contributed by atoms with Crippen molar-refractivity contribution in [2.75, 3.05) is 5.32 Å². The fourth-order valence-corrected chi connectivity index (χ4v) is 7.22. The Balaban J connectivity index is 1.45. The SMILES string of the molecule is CC(Sc1nc2sc3c(c2c(=O)n1C1CCCC1)CCCC3)C(=O)Nc1ccc(C(N)=O)cc1. The van der Waals surface area contributed by atoms with Gasteiger partial charge in [0.15, 0.2) is 5.16 Å². The van der Waals surface area contributed by atoms with Crippen molar-refractivity contribution in [2.24, 2.45) is 5.73 Å². The third kappa shape index (κ3) is 4.38. The number of thiophene rings is 1. The third-order valence-electron chi connectivity index (χ3n) is 6.77. The summed E-state index contributed by atoms with van der Waals surface area (Å²) in [6.07, 6.45) is 8.42. The highest BCUT2D eigenvalue weighted by Crippen LogP contribution is 2.38. The van der Waals surface area contributed by atoms with E-state index in [0.29, 0.717) is 16.4 Å². The van der Waals surface area contributed by atoms with E-state index in [4.69, 9.17) is 10.7 Å². The third-order valence-corrected chi connectivity index (χ3v) is 9.02. The molecule has 2 aliphatic carbocycles. The summed E-state index contributed by atoms with van der Waals surface area (Å²) in [6.45, 7) is 1.83. The summed E-state index contributed by atoms with van der Waals surface area (Å²) in [5.41, 5.74) is 7.53. The molecule has 2 aliphatic rings. The molecular formula is C25H28N4O3S2. The molecule has 0 aliphatic heterocycles. The zero-order valence-corrected chi connectivity index (χ0v) is 20.8. The number of rotatable bonds is 6. The lowest BCUT2D eigenvalue weighted by molar-refractivity contribution is -0.115. The maximum absolute atomic E-state index is 13.8. The van der Waals surface area contributed by atoms with Gasteiger partial charge in [-0.3, -0.25) is 19.0 Å². The molecule has 34 heavy (non-hydrogen) atoms. The molecule has 5 rings (SSSR count). The van der Waals surface area contributed by atoms with E-state index in [9.17, 15) is 14.4 Å². The van der Waals surface area contributed by atoms with Crippen molar-refractivity contribution in [3.8, 4) is 0 Å². The van der Waals surface area contributed by atoms with Gasteiger partial charge in [-0.2, -0.15) is 0 Å². The van der Waals surface area contributed by atoms with Crippen LogP contribution in [0.2, 0.25) is 0 Å². The smallest absolute Gasteiger partial charge is 0.263 e. The number of primary amides is 1. The van der Waals surface area contributed by atoms with Gasteiger partial charge in [0.25, 0.3) is 5.56 Å². The van der Waals surface area contributed by atoms with Crippen LogP contribution in [0.3, 0.4) is 0 Å². The van der Waals surface area contributed by atoms with Crippen LogP contribution < -0.4 is 16.6 Å². The molecule has 178 valence electrons. The predicted molar refractivity (Wildman–Crippen MR) is 137 cm³/mol. The van der Waals surface area contributed by atoms with Crippen LogP contribution in [0.1, 0.15) is 72.3 Å². The van der Waals surface area contributed by atoms with Gasteiger partial charge < -0.3 is 11.1 Å². The number of fused-ring (bicyclic) bond motifs is 3.